The number of nitrogens with one attached hydrogen (secondary N) is 1. The van der Waals surface area contributed by atoms with Gasteiger partial charge < -0.3 is 5.32 Å². The molecule has 0 heterocycles. The van der Waals surface area contributed by atoms with Gasteiger partial charge in [-0.25, -0.2) is 0 Å². The summed E-state index contributed by atoms with van der Waals surface area (Å²) < 4.78 is 0. The molecule has 1 aliphatic carbocycles. The minimum absolute atomic E-state index is 0.527. The van der Waals surface area contributed by atoms with E-state index in [1.54, 1.807) is 0 Å². The van der Waals surface area contributed by atoms with Crippen LogP contribution in [-0.2, 0) is 0 Å². The Morgan fingerprint density at radius 2 is 1.85 bits per heavy atom. The molecule has 1 fully saturated rings. The van der Waals surface area contributed by atoms with E-state index in [-0.39, 0.29) is 0 Å². The lowest BCUT2D eigenvalue weighted by Crippen LogP contribution is -2.45. The summed E-state index contributed by atoms with van der Waals surface area (Å²) in [7, 11) is 0. The molecule has 0 amide bonds. The monoisotopic (exact) mass is 299 g/mol. The van der Waals surface area contributed by atoms with Crippen molar-refractivity contribution in [3.8, 4) is 0 Å². The average molecular weight is 300 g/mol. The summed E-state index contributed by atoms with van der Waals surface area (Å²) in [6.45, 7) is 13.1. The zero-order valence-electron chi connectivity index (χ0n) is 14.5. The molecule has 0 spiro atoms. The van der Waals surface area contributed by atoms with Gasteiger partial charge in [-0.15, -0.1) is 0 Å². The summed E-state index contributed by atoms with van der Waals surface area (Å²) >= 11 is 2.25. The van der Waals surface area contributed by atoms with E-state index in [2.05, 4.69) is 51.7 Å². The van der Waals surface area contributed by atoms with E-state index in [0.717, 1.165) is 17.2 Å². The standard InChI is InChI=1S/C18H37NS/c1-6-9-13-20-17-14-15(18(4,5)8-3)10-11-16(17)19-12-7-2/h15-17,19H,6-14H2,1-5H3. The van der Waals surface area contributed by atoms with Crippen molar-refractivity contribution in [3.63, 3.8) is 0 Å². The molecule has 3 atom stereocenters. The van der Waals surface area contributed by atoms with Crippen LogP contribution < -0.4 is 5.32 Å². The van der Waals surface area contributed by atoms with Crippen LogP contribution in [0.2, 0.25) is 0 Å². The Bertz CT molecular complexity index is 252. The third-order valence-corrected chi connectivity index (χ3v) is 6.77. The fraction of sp³-hybridized carbons (Fsp3) is 1.00. The van der Waals surface area contributed by atoms with Crippen LogP contribution in [0.1, 0.15) is 79.6 Å². The second-order valence-corrected chi connectivity index (χ2v) is 8.52. The molecule has 3 unspecified atom stereocenters. The van der Waals surface area contributed by atoms with Gasteiger partial charge in [0.2, 0.25) is 0 Å². The molecule has 0 bridgehead atoms. The molecule has 1 aliphatic rings. The average Bonchev–Trinajstić information content (AvgIpc) is 2.46. The first kappa shape index (κ1) is 18.4. The molecule has 1 rings (SSSR count). The molecule has 0 aliphatic heterocycles. The van der Waals surface area contributed by atoms with Crippen LogP contribution in [0.15, 0.2) is 0 Å². The van der Waals surface area contributed by atoms with Crippen molar-refractivity contribution in [1.29, 1.82) is 0 Å². The molecule has 1 nitrogen and oxygen atoms in total. The van der Waals surface area contributed by atoms with Crippen molar-refractivity contribution in [3.05, 3.63) is 0 Å². The minimum atomic E-state index is 0.527. The lowest BCUT2D eigenvalue weighted by Gasteiger charge is -2.43. The lowest BCUT2D eigenvalue weighted by molar-refractivity contribution is 0.141. The summed E-state index contributed by atoms with van der Waals surface area (Å²) in [6, 6.07) is 0.765. The fourth-order valence-corrected chi connectivity index (χ4v) is 4.85. The summed E-state index contributed by atoms with van der Waals surface area (Å²) in [4.78, 5) is 0. The van der Waals surface area contributed by atoms with Gasteiger partial charge >= 0.3 is 0 Å². The van der Waals surface area contributed by atoms with Crippen molar-refractivity contribution in [1.82, 2.24) is 5.32 Å². The largest absolute Gasteiger partial charge is 0.313 e. The normalized spacial score (nSPS) is 27.8. The quantitative estimate of drug-likeness (QED) is 0.565. The Labute approximate surface area is 132 Å². The predicted molar refractivity (Wildman–Crippen MR) is 94.6 cm³/mol. The molecule has 0 aromatic rings. The van der Waals surface area contributed by atoms with Crippen molar-refractivity contribution >= 4 is 11.8 Å². The maximum absolute atomic E-state index is 3.82. The Kier molecular flexibility index (Phi) is 8.59. The third-order valence-electron chi connectivity index (χ3n) is 5.29. The Hall–Kier alpha value is 0.310. The van der Waals surface area contributed by atoms with Gasteiger partial charge in [0.15, 0.2) is 0 Å². The molecule has 0 aromatic heterocycles. The molecule has 1 saturated carbocycles. The number of thioether (sulfide) groups is 1. The van der Waals surface area contributed by atoms with Crippen molar-refractivity contribution < 1.29 is 0 Å². The second kappa shape index (κ2) is 9.35. The molecular weight excluding hydrogens is 262 g/mol. The molecular formula is C18H37NS. The van der Waals surface area contributed by atoms with Crippen LogP contribution >= 0.6 is 11.8 Å². The van der Waals surface area contributed by atoms with Crippen molar-refractivity contribution in [2.75, 3.05) is 12.3 Å². The number of hydrogen-bond acceptors (Lipinski definition) is 2. The minimum Gasteiger partial charge on any atom is -0.313 e. The van der Waals surface area contributed by atoms with E-state index in [0.29, 0.717) is 5.41 Å². The first-order valence-electron chi connectivity index (χ1n) is 8.90. The van der Waals surface area contributed by atoms with Gasteiger partial charge in [0.05, 0.1) is 0 Å². The SMILES string of the molecule is CCCCSC1CC(C(C)(C)CC)CCC1NCCC. The van der Waals surface area contributed by atoms with Crippen LogP contribution in [0.4, 0.5) is 0 Å². The predicted octanol–water partition coefficient (Wildman–Crippen LogP) is 5.49. The van der Waals surface area contributed by atoms with Gasteiger partial charge in [0, 0.05) is 11.3 Å². The summed E-state index contributed by atoms with van der Waals surface area (Å²) in [5.41, 5.74) is 0.527. The van der Waals surface area contributed by atoms with Gasteiger partial charge in [-0.05, 0) is 55.7 Å². The van der Waals surface area contributed by atoms with Gasteiger partial charge in [0.1, 0.15) is 0 Å². The highest BCUT2D eigenvalue weighted by atomic mass is 32.2. The zero-order chi connectivity index (χ0) is 15.0. The molecule has 0 radical (unpaired) electrons. The highest BCUT2D eigenvalue weighted by Gasteiger charge is 2.36. The van der Waals surface area contributed by atoms with Crippen LogP contribution in [0.3, 0.4) is 0 Å². The van der Waals surface area contributed by atoms with Crippen LogP contribution in [0, 0.1) is 11.3 Å². The summed E-state index contributed by atoms with van der Waals surface area (Å²) in [5.74, 6) is 2.27. The highest BCUT2D eigenvalue weighted by molar-refractivity contribution is 7.99. The van der Waals surface area contributed by atoms with Crippen molar-refractivity contribution in [2.24, 2.45) is 11.3 Å². The second-order valence-electron chi connectivity index (χ2n) is 7.18. The number of rotatable bonds is 9. The van der Waals surface area contributed by atoms with Crippen LogP contribution in [0.5, 0.6) is 0 Å². The van der Waals surface area contributed by atoms with E-state index in [1.165, 1.54) is 57.2 Å². The van der Waals surface area contributed by atoms with Gasteiger partial charge in [-0.2, -0.15) is 11.8 Å². The van der Waals surface area contributed by atoms with Crippen molar-refractivity contribution in [2.45, 2.75) is 90.9 Å². The first-order chi connectivity index (χ1) is 9.55. The van der Waals surface area contributed by atoms with E-state index in [4.69, 9.17) is 0 Å². The smallest absolute Gasteiger partial charge is 0.0204 e. The topological polar surface area (TPSA) is 12.0 Å². The van der Waals surface area contributed by atoms with Crippen LogP contribution in [0.25, 0.3) is 0 Å². The molecule has 0 saturated heterocycles. The molecule has 120 valence electrons. The van der Waals surface area contributed by atoms with E-state index in [1.807, 2.05) is 0 Å². The van der Waals surface area contributed by atoms with E-state index < -0.39 is 0 Å². The Balaban J connectivity index is 2.57. The maximum atomic E-state index is 3.82. The fourth-order valence-electron chi connectivity index (χ4n) is 3.25. The maximum Gasteiger partial charge on any atom is 0.0204 e. The van der Waals surface area contributed by atoms with Gasteiger partial charge in [0.25, 0.3) is 0 Å². The molecule has 20 heavy (non-hydrogen) atoms. The van der Waals surface area contributed by atoms with Crippen LogP contribution in [-0.4, -0.2) is 23.6 Å². The number of hydrogen-bond donors (Lipinski definition) is 1. The van der Waals surface area contributed by atoms with E-state index >= 15 is 0 Å². The molecule has 2 heteroatoms. The van der Waals surface area contributed by atoms with Gasteiger partial charge in [-0.3, -0.25) is 0 Å². The summed E-state index contributed by atoms with van der Waals surface area (Å²) in [6.07, 6.45) is 9.52. The van der Waals surface area contributed by atoms with E-state index in [9.17, 15) is 0 Å². The van der Waals surface area contributed by atoms with Gasteiger partial charge in [-0.1, -0.05) is 47.5 Å². The lowest BCUT2D eigenvalue weighted by atomic mass is 9.68. The molecule has 0 aromatic carbocycles. The Morgan fingerprint density at radius 1 is 1.10 bits per heavy atom. The first-order valence-corrected chi connectivity index (χ1v) is 9.95. The molecule has 1 N–H and O–H groups in total. The third kappa shape index (κ3) is 5.60. The Morgan fingerprint density at radius 3 is 2.45 bits per heavy atom. The number of unbranched alkanes of at least 4 members (excludes halogenated alkanes) is 1. The highest BCUT2D eigenvalue weighted by Crippen LogP contribution is 2.43. The summed E-state index contributed by atoms with van der Waals surface area (Å²) in [5, 5.41) is 4.66. The zero-order valence-corrected chi connectivity index (χ0v) is 15.3.